The van der Waals surface area contributed by atoms with Gasteiger partial charge in [0.2, 0.25) is 0 Å². The van der Waals surface area contributed by atoms with Gasteiger partial charge in [0.15, 0.2) is 5.78 Å². The Bertz CT molecular complexity index is 682. The van der Waals surface area contributed by atoms with Gasteiger partial charge in [0, 0.05) is 11.3 Å². The molecule has 0 saturated heterocycles. The quantitative estimate of drug-likeness (QED) is 0.655. The molecule has 0 spiro atoms. The first kappa shape index (κ1) is 16.7. The maximum Gasteiger partial charge on any atom is 0.329 e. The highest BCUT2D eigenvalue weighted by Gasteiger charge is 2.31. The van der Waals surface area contributed by atoms with Crippen molar-refractivity contribution in [2.75, 3.05) is 12.4 Å². The fourth-order valence-electron chi connectivity index (χ4n) is 2.45. The molecule has 2 aromatic rings. The molecular weight excluding hydrogens is 290 g/mol. The van der Waals surface area contributed by atoms with Gasteiger partial charge < -0.3 is 10.1 Å². The van der Waals surface area contributed by atoms with Crippen LogP contribution in [0.2, 0.25) is 0 Å². The Morgan fingerprint density at radius 2 is 1.74 bits per heavy atom. The zero-order valence-corrected chi connectivity index (χ0v) is 13.6. The Kier molecular flexibility index (Phi) is 5.52. The summed E-state index contributed by atoms with van der Waals surface area (Å²) < 4.78 is 4.87. The monoisotopic (exact) mass is 311 g/mol. The van der Waals surface area contributed by atoms with E-state index in [9.17, 15) is 9.59 Å². The summed E-state index contributed by atoms with van der Waals surface area (Å²) >= 11 is 0. The van der Waals surface area contributed by atoms with Crippen molar-refractivity contribution in [3.8, 4) is 0 Å². The second-order valence-corrected chi connectivity index (χ2v) is 5.53. The van der Waals surface area contributed by atoms with E-state index in [0.29, 0.717) is 5.56 Å². The lowest BCUT2D eigenvalue weighted by Crippen LogP contribution is -2.40. The number of nitrogens with one attached hydrogen (secondary N) is 1. The molecule has 0 aliphatic rings. The van der Waals surface area contributed by atoms with Crippen molar-refractivity contribution in [3.05, 3.63) is 65.7 Å². The highest BCUT2D eigenvalue weighted by Crippen LogP contribution is 2.19. The first-order valence-corrected chi connectivity index (χ1v) is 7.53. The number of rotatable bonds is 6. The summed E-state index contributed by atoms with van der Waals surface area (Å²) in [4.78, 5) is 24.8. The number of anilines is 1. The number of hydrogen-bond acceptors (Lipinski definition) is 4. The highest BCUT2D eigenvalue weighted by molar-refractivity contribution is 6.01. The first-order chi connectivity index (χ1) is 11.0. The van der Waals surface area contributed by atoms with E-state index in [1.165, 1.54) is 7.11 Å². The largest absolute Gasteiger partial charge is 0.467 e. The molecular formula is C19H21NO3. The minimum absolute atomic E-state index is 0.0962. The van der Waals surface area contributed by atoms with Gasteiger partial charge in [-0.3, -0.25) is 4.79 Å². The maximum absolute atomic E-state index is 12.6. The number of hydrogen-bond donors (Lipinski definition) is 1. The minimum Gasteiger partial charge on any atom is -0.467 e. The van der Waals surface area contributed by atoms with Crippen molar-refractivity contribution in [1.29, 1.82) is 0 Å². The summed E-state index contributed by atoms with van der Waals surface area (Å²) in [7, 11) is 1.33. The molecule has 120 valence electrons. The van der Waals surface area contributed by atoms with Gasteiger partial charge in [-0.05, 0) is 24.6 Å². The summed E-state index contributed by atoms with van der Waals surface area (Å²) in [6, 6.07) is 15.9. The molecule has 4 nitrogen and oxygen atoms in total. The van der Waals surface area contributed by atoms with Crippen LogP contribution in [0.25, 0.3) is 0 Å². The second-order valence-electron chi connectivity index (χ2n) is 5.53. The average Bonchev–Trinajstić information content (AvgIpc) is 2.58. The van der Waals surface area contributed by atoms with Crippen LogP contribution < -0.4 is 5.32 Å². The van der Waals surface area contributed by atoms with E-state index in [0.717, 1.165) is 11.3 Å². The predicted molar refractivity (Wildman–Crippen MR) is 90.5 cm³/mol. The van der Waals surface area contributed by atoms with Crippen molar-refractivity contribution in [2.45, 2.75) is 19.9 Å². The number of aryl methyl sites for hydroxylation is 1. The van der Waals surface area contributed by atoms with E-state index >= 15 is 0 Å². The zero-order chi connectivity index (χ0) is 16.8. The normalized spacial score (nSPS) is 13.0. The molecule has 0 aliphatic carbocycles. The number of methoxy groups -OCH3 is 1. The molecule has 0 aromatic heterocycles. The number of benzene rings is 2. The zero-order valence-electron chi connectivity index (χ0n) is 13.6. The molecule has 2 aromatic carbocycles. The van der Waals surface area contributed by atoms with E-state index < -0.39 is 17.9 Å². The number of Topliss-reactive ketones (excluding diaryl/α,β-unsaturated/α-hetero) is 1. The molecule has 0 aliphatic heterocycles. The van der Waals surface area contributed by atoms with Crippen LogP contribution >= 0.6 is 0 Å². The molecule has 0 unspecified atom stereocenters. The summed E-state index contributed by atoms with van der Waals surface area (Å²) in [5, 5.41) is 3.13. The fraction of sp³-hybridized carbons (Fsp3) is 0.263. The standard InChI is InChI=1S/C19H21NO3/c1-13-8-7-11-16(12-13)20-17(19(22)23-3)14(2)18(21)15-9-5-4-6-10-15/h4-12,14,17,20H,1-3H3/t14-,17+/m0/s1. The lowest BCUT2D eigenvalue weighted by atomic mass is 9.92. The van der Waals surface area contributed by atoms with Gasteiger partial charge in [0.1, 0.15) is 6.04 Å². The third-order valence-electron chi connectivity index (χ3n) is 3.77. The van der Waals surface area contributed by atoms with Crippen LogP contribution in [0, 0.1) is 12.8 Å². The van der Waals surface area contributed by atoms with Crippen LogP contribution in [0.15, 0.2) is 54.6 Å². The average molecular weight is 311 g/mol. The van der Waals surface area contributed by atoms with E-state index in [-0.39, 0.29) is 5.78 Å². The Labute approximate surface area is 136 Å². The van der Waals surface area contributed by atoms with Crippen molar-refractivity contribution in [3.63, 3.8) is 0 Å². The SMILES string of the molecule is COC(=O)[C@H](Nc1cccc(C)c1)[C@H](C)C(=O)c1ccccc1. The van der Waals surface area contributed by atoms with E-state index in [1.807, 2.05) is 37.3 Å². The minimum atomic E-state index is -0.741. The lowest BCUT2D eigenvalue weighted by Gasteiger charge is -2.23. The lowest BCUT2D eigenvalue weighted by molar-refractivity contribution is -0.142. The number of ketones is 1. The summed E-state index contributed by atoms with van der Waals surface area (Å²) in [6.45, 7) is 3.70. The maximum atomic E-state index is 12.6. The van der Waals surface area contributed by atoms with E-state index in [2.05, 4.69) is 5.32 Å². The van der Waals surface area contributed by atoms with Gasteiger partial charge in [-0.15, -0.1) is 0 Å². The molecule has 0 radical (unpaired) electrons. The third-order valence-corrected chi connectivity index (χ3v) is 3.77. The number of carbonyl (C=O) groups excluding carboxylic acids is 2. The molecule has 0 saturated carbocycles. The fourth-order valence-corrected chi connectivity index (χ4v) is 2.45. The molecule has 2 rings (SSSR count). The van der Waals surface area contributed by atoms with Crippen molar-refractivity contribution in [1.82, 2.24) is 0 Å². The Morgan fingerprint density at radius 3 is 2.35 bits per heavy atom. The molecule has 2 atom stereocenters. The molecule has 0 bridgehead atoms. The molecule has 0 fully saturated rings. The van der Waals surface area contributed by atoms with Gasteiger partial charge in [0.05, 0.1) is 13.0 Å². The van der Waals surface area contributed by atoms with E-state index in [4.69, 9.17) is 4.74 Å². The first-order valence-electron chi connectivity index (χ1n) is 7.53. The van der Waals surface area contributed by atoms with Crippen molar-refractivity contribution < 1.29 is 14.3 Å². The molecule has 1 N–H and O–H groups in total. The molecule has 23 heavy (non-hydrogen) atoms. The highest BCUT2D eigenvalue weighted by atomic mass is 16.5. The van der Waals surface area contributed by atoms with Gasteiger partial charge in [-0.2, -0.15) is 0 Å². The van der Waals surface area contributed by atoms with Crippen LogP contribution in [-0.4, -0.2) is 24.9 Å². The Morgan fingerprint density at radius 1 is 1.04 bits per heavy atom. The third kappa shape index (κ3) is 4.19. The molecule has 4 heteroatoms. The molecule has 0 amide bonds. The predicted octanol–water partition coefficient (Wildman–Crippen LogP) is 3.47. The van der Waals surface area contributed by atoms with Gasteiger partial charge in [-0.25, -0.2) is 4.79 Å². The number of esters is 1. The Balaban J connectivity index is 2.24. The number of ether oxygens (including phenoxy) is 1. The molecule has 0 heterocycles. The van der Waals surface area contributed by atoms with Crippen LogP contribution in [0.4, 0.5) is 5.69 Å². The van der Waals surface area contributed by atoms with E-state index in [1.54, 1.807) is 31.2 Å². The Hall–Kier alpha value is -2.62. The summed E-state index contributed by atoms with van der Waals surface area (Å²) in [5.74, 6) is -1.10. The van der Waals surface area contributed by atoms with Gasteiger partial charge >= 0.3 is 5.97 Å². The van der Waals surface area contributed by atoms with Crippen LogP contribution in [0.1, 0.15) is 22.8 Å². The van der Waals surface area contributed by atoms with Gasteiger partial charge in [-0.1, -0.05) is 49.4 Å². The van der Waals surface area contributed by atoms with Crippen LogP contribution in [-0.2, 0) is 9.53 Å². The second kappa shape index (κ2) is 7.58. The summed E-state index contributed by atoms with van der Waals surface area (Å²) in [5.41, 5.74) is 2.44. The summed E-state index contributed by atoms with van der Waals surface area (Å²) in [6.07, 6.45) is 0. The topological polar surface area (TPSA) is 55.4 Å². The van der Waals surface area contributed by atoms with Crippen LogP contribution in [0.3, 0.4) is 0 Å². The van der Waals surface area contributed by atoms with Crippen LogP contribution in [0.5, 0.6) is 0 Å². The smallest absolute Gasteiger partial charge is 0.329 e. The van der Waals surface area contributed by atoms with Crippen molar-refractivity contribution >= 4 is 17.4 Å². The number of carbonyl (C=O) groups is 2. The van der Waals surface area contributed by atoms with Gasteiger partial charge in [0.25, 0.3) is 0 Å². The van der Waals surface area contributed by atoms with Crippen molar-refractivity contribution in [2.24, 2.45) is 5.92 Å².